The molecule has 0 radical (unpaired) electrons. The van der Waals surface area contributed by atoms with Crippen LogP contribution in [0.2, 0.25) is 0 Å². The summed E-state index contributed by atoms with van der Waals surface area (Å²) in [5.41, 5.74) is -1.08. The van der Waals surface area contributed by atoms with E-state index in [1.165, 1.54) is 30.3 Å². The minimum absolute atomic E-state index is 0.164. The number of nitrogens with one attached hydrogen (secondary N) is 1. The summed E-state index contributed by atoms with van der Waals surface area (Å²) in [4.78, 5) is 51.1. The molecule has 0 aliphatic rings. The smallest absolute Gasteiger partial charge is 0.340 e. The standard InChI is InChI=1S/C23H18FN3O5S/c1-2-32-22(30)14-7-3-5-9-16(14)25-19(28)13-26-18-11-12-33-20(18)21(29)27(23(26)31)17-10-6-4-8-15(17)24/h3-12H,2,13H2,1H3,(H,25,28). The lowest BCUT2D eigenvalue weighted by Gasteiger charge is -2.14. The highest BCUT2D eigenvalue weighted by atomic mass is 32.1. The summed E-state index contributed by atoms with van der Waals surface area (Å²) >= 11 is 1.09. The van der Waals surface area contributed by atoms with Crippen LogP contribution in [0.4, 0.5) is 10.1 Å². The molecule has 8 nitrogen and oxygen atoms in total. The van der Waals surface area contributed by atoms with Crippen molar-refractivity contribution in [2.24, 2.45) is 0 Å². The molecule has 0 aliphatic heterocycles. The zero-order valence-electron chi connectivity index (χ0n) is 17.4. The third-order valence-electron chi connectivity index (χ3n) is 4.85. The Kier molecular flexibility index (Phi) is 6.18. The number of nitrogens with zero attached hydrogens (tertiary/aromatic N) is 2. The molecule has 33 heavy (non-hydrogen) atoms. The Morgan fingerprint density at radius 3 is 2.55 bits per heavy atom. The second kappa shape index (κ2) is 9.21. The first-order valence-corrected chi connectivity index (χ1v) is 10.8. The van der Waals surface area contributed by atoms with Crippen LogP contribution in [0, 0.1) is 5.82 Å². The Bertz CT molecular complexity index is 1490. The average molecular weight is 467 g/mol. The summed E-state index contributed by atoms with van der Waals surface area (Å²) in [5, 5.41) is 4.22. The first-order valence-electron chi connectivity index (χ1n) is 9.96. The number of ether oxygens (including phenoxy) is 1. The van der Waals surface area contributed by atoms with Gasteiger partial charge in [-0.2, -0.15) is 0 Å². The second-order valence-corrected chi connectivity index (χ2v) is 7.83. The highest BCUT2D eigenvalue weighted by Gasteiger charge is 2.20. The van der Waals surface area contributed by atoms with Gasteiger partial charge in [-0.05, 0) is 42.6 Å². The molecule has 0 saturated heterocycles. The zero-order valence-corrected chi connectivity index (χ0v) is 18.2. The van der Waals surface area contributed by atoms with E-state index in [4.69, 9.17) is 4.74 Å². The number of rotatable bonds is 6. The summed E-state index contributed by atoms with van der Waals surface area (Å²) in [7, 11) is 0. The van der Waals surface area contributed by atoms with Gasteiger partial charge >= 0.3 is 11.7 Å². The summed E-state index contributed by atoms with van der Waals surface area (Å²) in [6.45, 7) is 1.38. The van der Waals surface area contributed by atoms with Gasteiger partial charge in [0.2, 0.25) is 5.91 Å². The van der Waals surface area contributed by atoms with Crippen LogP contribution in [0.15, 0.2) is 69.6 Å². The first-order chi connectivity index (χ1) is 15.9. The van der Waals surface area contributed by atoms with Crippen molar-refractivity contribution in [3.63, 3.8) is 0 Å². The van der Waals surface area contributed by atoms with Gasteiger partial charge in [-0.15, -0.1) is 11.3 Å². The van der Waals surface area contributed by atoms with Crippen LogP contribution in [-0.4, -0.2) is 27.6 Å². The number of hydrogen-bond donors (Lipinski definition) is 1. The lowest BCUT2D eigenvalue weighted by molar-refractivity contribution is -0.116. The van der Waals surface area contributed by atoms with Crippen molar-refractivity contribution in [3.05, 3.63) is 92.2 Å². The molecule has 0 fully saturated rings. The highest BCUT2D eigenvalue weighted by molar-refractivity contribution is 7.17. The van der Waals surface area contributed by atoms with Gasteiger partial charge in [0.15, 0.2) is 0 Å². The summed E-state index contributed by atoms with van der Waals surface area (Å²) in [5.74, 6) is -1.95. The molecule has 1 N–H and O–H groups in total. The largest absolute Gasteiger partial charge is 0.462 e. The zero-order chi connectivity index (χ0) is 23.5. The Balaban J connectivity index is 1.75. The Morgan fingerprint density at radius 1 is 1.06 bits per heavy atom. The topological polar surface area (TPSA) is 99.4 Å². The number of anilines is 1. The fourth-order valence-corrected chi connectivity index (χ4v) is 4.22. The molecule has 2 aromatic heterocycles. The molecule has 10 heteroatoms. The van der Waals surface area contributed by atoms with Gasteiger partial charge in [0.25, 0.3) is 5.56 Å². The molecular formula is C23H18FN3O5S. The second-order valence-electron chi connectivity index (χ2n) is 6.91. The van der Waals surface area contributed by atoms with Crippen molar-refractivity contribution in [3.8, 4) is 5.69 Å². The van der Waals surface area contributed by atoms with Crippen molar-refractivity contribution in [1.29, 1.82) is 0 Å². The highest BCUT2D eigenvalue weighted by Crippen LogP contribution is 2.19. The molecule has 0 saturated carbocycles. The van der Waals surface area contributed by atoms with E-state index in [0.29, 0.717) is 4.57 Å². The van der Waals surface area contributed by atoms with E-state index < -0.39 is 35.5 Å². The molecular weight excluding hydrogens is 449 g/mol. The molecule has 0 unspecified atom stereocenters. The number of para-hydroxylation sites is 2. The third-order valence-corrected chi connectivity index (χ3v) is 5.74. The van der Waals surface area contributed by atoms with Gasteiger partial charge in [0, 0.05) is 0 Å². The van der Waals surface area contributed by atoms with E-state index in [9.17, 15) is 23.6 Å². The van der Waals surface area contributed by atoms with Crippen LogP contribution in [-0.2, 0) is 16.1 Å². The average Bonchev–Trinajstić information content (AvgIpc) is 3.29. The fraction of sp³-hybridized carbons (Fsp3) is 0.130. The summed E-state index contributed by atoms with van der Waals surface area (Å²) < 4.78 is 21.4. The molecule has 0 aliphatic carbocycles. The quantitative estimate of drug-likeness (QED) is 0.439. The van der Waals surface area contributed by atoms with Gasteiger partial charge < -0.3 is 10.1 Å². The minimum Gasteiger partial charge on any atom is -0.462 e. The number of carbonyl (C=O) groups excluding carboxylic acids is 2. The maximum absolute atomic E-state index is 14.4. The van der Waals surface area contributed by atoms with Crippen molar-refractivity contribution in [1.82, 2.24) is 9.13 Å². The van der Waals surface area contributed by atoms with Gasteiger partial charge in [-0.25, -0.2) is 18.5 Å². The molecule has 4 rings (SSSR count). The number of amides is 1. The fourth-order valence-electron chi connectivity index (χ4n) is 3.40. The number of aromatic nitrogens is 2. The van der Waals surface area contributed by atoms with Crippen LogP contribution < -0.4 is 16.6 Å². The number of fused-ring (bicyclic) bond motifs is 1. The third kappa shape index (κ3) is 4.20. The van der Waals surface area contributed by atoms with E-state index in [1.54, 1.807) is 30.5 Å². The van der Waals surface area contributed by atoms with Crippen molar-refractivity contribution in [2.45, 2.75) is 13.5 Å². The number of hydrogen-bond acceptors (Lipinski definition) is 6. The molecule has 2 heterocycles. The van der Waals surface area contributed by atoms with Crippen molar-refractivity contribution in [2.75, 3.05) is 11.9 Å². The normalized spacial score (nSPS) is 10.8. The Hall–Kier alpha value is -4.05. The van der Waals surface area contributed by atoms with Crippen molar-refractivity contribution < 1.29 is 18.7 Å². The maximum atomic E-state index is 14.4. The van der Waals surface area contributed by atoms with Gasteiger partial charge in [0.1, 0.15) is 17.1 Å². The molecule has 1 amide bonds. The monoisotopic (exact) mass is 467 g/mol. The Labute approximate surface area is 190 Å². The number of benzene rings is 2. The maximum Gasteiger partial charge on any atom is 0.340 e. The van der Waals surface area contributed by atoms with E-state index in [1.807, 2.05) is 0 Å². The van der Waals surface area contributed by atoms with Crippen LogP contribution >= 0.6 is 11.3 Å². The van der Waals surface area contributed by atoms with Crippen LogP contribution in [0.5, 0.6) is 0 Å². The molecule has 168 valence electrons. The predicted molar refractivity (Wildman–Crippen MR) is 123 cm³/mol. The number of carbonyl (C=O) groups is 2. The Morgan fingerprint density at radius 2 is 1.79 bits per heavy atom. The molecule has 0 bridgehead atoms. The first kappa shape index (κ1) is 22.2. The predicted octanol–water partition coefficient (Wildman–Crippen LogP) is 3.17. The van der Waals surface area contributed by atoms with Gasteiger partial charge in [0.05, 0.1) is 29.1 Å². The SMILES string of the molecule is CCOC(=O)c1ccccc1NC(=O)Cn1c(=O)n(-c2ccccc2F)c(=O)c2sccc21. The van der Waals surface area contributed by atoms with Gasteiger partial charge in [-0.3, -0.25) is 14.2 Å². The summed E-state index contributed by atoms with van der Waals surface area (Å²) in [6, 6.07) is 13.3. The lowest BCUT2D eigenvalue weighted by Crippen LogP contribution is -2.40. The van der Waals surface area contributed by atoms with E-state index in [0.717, 1.165) is 22.0 Å². The van der Waals surface area contributed by atoms with Crippen LogP contribution in [0.1, 0.15) is 17.3 Å². The molecule has 2 aromatic carbocycles. The number of thiophene rings is 1. The minimum atomic E-state index is -0.857. The lowest BCUT2D eigenvalue weighted by atomic mass is 10.2. The van der Waals surface area contributed by atoms with Crippen molar-refractivity contribution >= 4 is 39.1 Å². The molecule has 0 atom stereocenters. The van der Waals surface area contributed by atoms with E-state index >= 15 is 0 Å². The van der Waals surface area contributed by atoms with E-state index in [-0.39, 0.29) is 33.8 Å². The number of halogens is 1. The summed E-state index contributed by atoms with van der Waals surface area (Å²) in [6.07, 6.45) is 0. The van der Waals surface area contributed by atoms with E-state index in [2.05, 4.69) is 5.32 Å². The molecule has 4 aromatic rings. The van der Waals surface area contributed by atoms with Gasteiger partial charge in [-0.1, -0.05) is 24.3 Å². The van der Waals surface area contributed by atoms with Crippen LogP contribution in [0.3, 0.4) is 0 Å². The van der Waals surface area contributed by atoms with Crippen LogP contribution in [0.25, 0.3) is 15.9 Å². The molecule has 0 spiro atoms. The number of esters is 1.